The van der Waals surface area contributed by atoms with Crippen molar-refractivity contribution in [2.75, 3.05) is 4.90 Å². The van der Waals surface area contributed by atoms with E-state index in [9.17, 15) is 9.59 Å². The van der Waals surface area contributed by atoms with E-state index in [1.165, 1.54) is 10.5 Å². The summed E-state index contributed by atoms with van der Waals surface area (Å²) in [6, 6.07) is 18.2. The second-order valence-electron chi connectivity index (χ2n) is 7.81. The molecule has 2 aromatic rings. The van der Waals surface area contributed by atoms with Crippen molar-refractivity contribution in [2.24, 2.45) is 23.7 Å². The van der Waals surface area contributed by atoms with Crippen LogP contribution >= 0.6 is 0 Å². The lowest BCUT2D eigenvalue weighted by Gasteiger charge is -2.28. The molecule has 1 aliphatic heterocycles. The quantitative estimate of drug-likeness (QED) is 0.782. The van der Waals surface area contributed by atoms with Crippen LogP contribution in [0.15, 0.2) is 54.6 Å². The normalized spacial score (nSPS) is 33.2. The largest absolute Gasteiger partial charge is 0.274 e. The molecule has 5 unspecified atom stereocenters. The van der Waals surface area contributed by atoms with E-state index in [0.717, 1.165) is 24.1 Å². The van der Waals surface area contributed by atoms with Crippen LogP contribution in [0.1, 0.15) is 29.9 Å². The Balaban J connectivity index is 1.49. The lowest BCUT2D eigenvalue weighted by Crippen LogP contribution is -2.32. The molecule has 3 nitrogen and oxygen atoms in total. The van der Waals surface area contributed by atoms with Crippen molar-refractivity contribution < 1.29 is 9.59 Å². The Kier molecular flexibility index (Phi) is 3.15. The Morgan fingerprint density at radius 3 is 2.24 bits per heavy atom. The second-order valence-corrected chi connectivity index (χ2v) is 7.81. The van der Waals surface area contributed by atoms with Crippen molar-refractivity contribution in [1.29, 1.82) is 0 Å². The molecule has 2 aliphatic carbocycles. The number of nitrogens with zero attached hydrogens (tertiary/aromatic N) is 1. The molecule has 25 heavy (non-hydrogen) atoms. The van der Waals surface area contributed by atoms with Crippen molar-refractivity contribution in [3.05, 3.63) is 65.7 Å². The fraction of sp³-hybridized carbons (Fsp3) is 0.364. The molecule has 2 saturated carbocycles. The van der Waals surface area contributed by atoms with E-state index in [1.54, 1.807) is 0 Å². The molecule has 2 amide bonds. The fourth-order valence-corrected chi connectivity index (χ4v) is 5.49. The second kappa shape index (κ2) is 5.29. The minimum atomic E-state index is -0.127. The maximum Gasteiger partial charge on any atom is 0.237 e. The van der Waals surface area contributed by atoms with Crippen LogP contribution in [0.2, 0.25) is 0 Å². The first-order valence-corrected chi connectivity index (χ1v) is 9.14. The van der Waals surface area contributed by atoms with Gasteiger partial charge in [0.15, 0.2) is 0 Å². The molecule has 1 heterocycles. The number of anilines is 1. The number of amides is 2. The summed E-state index contributed by atoms with van der Waals surface area (Å²) >= 11 is 0. The highest BCUT2D eigenvalue weighted by atomic mass is 16.2. The summed E-state index contributed by atoms with van der Waals surface area (Å²) in [7, 11) is 0. The van der Waals surface area contributed by atoms with Crippen molar-refractivity contribution in [2.45, 2.75) is 25.7 Å². The van der Waals surface area contributed by atoms with Gasteiger partial charge in [0.1, 0.15) is 0 Å². The zero-order valence-corrected chi connectivity index (χ0v) is 14.3. The molecule has 3 heteroatoms. The van der Waals surface area contributed by atoms with Gasteiger partial charge in [0.25, 0.3) is 0 Å². The molecule has 0 aromatic heterocycles. The van der Waals surface area contributed by atoms with Crippen LogP contribution in [0.25, 0.3) is 0 Å². The van der Waals surface area contributed by atoms with Gasteiger partial charge in [-0.15, -0.1) is 0 Å². The number of aryl methyl sites for hydroxylation is 1. The van der Waals surface area contributed by atoms with Gasteiger partial charge in [-0.1, -0.05) is 48.0 Å². The van der Waals surface area contributed by atoms with Gasteiger partial charge in [-0.25, -0.2) is 0 Å². The number of hydrogen-bond donors (Lipinski definition) is 0. The van der Waals surface area contributed by atoms with Gasteiger partial charge in [0.05, 0.1) is 17.5 Å². The number of carbonyl (C=O) groups is 2. The summed E-state index contributed by atoms with van der Waals surface area (Å²) in [5.41, 5.74) is 3.18. The molecule has 0 N–H and O–H groups in total. The lowest BCUT2D eigenvalue weighted by atomic mass is 9.73. The molecule has 0 spiro atoms. The summed E-state index contributed by atoms with van der Waals surface area (Å²) in [6.45, 7) is 2.01. The zero-order valence-electron chi connectivity index (χ0n) is 14.3. The van der Waals surface area contributed by atoms with Gasteiger partial charge >= 0.3 is 0 Å². The molecule has 3 aliphatic rings. The minimum absolute atomic E-state index is 0.0204. The minimum Gasteiger partial charge on any atom is -0.274 e. The molecule has 2 aromatic carbocycles. The molecule has 1 saturated heterocycles. The predicted molar refractivity (Wildman–Crippen MR) is 96.0 cm³/mol. The number of fused-ring (bicyclic) bond motifs is 5. The summed E-state index contributed by atoms with van der Waals surface area (Å²) in [5.74, 6) is 0.903. The standard InChI is InChI=1S/C22H21NO2/c1-13-7-9-16(10-8-13)23-21(24)19-15-11-17(14-5-3-2-4-6-14)18(12-15)20(19)22(23)25/h2-10,15,17-20H,11-12H2,1H3. The van der Waals surface area contributed by atoms with Crippen LogP contribution in [0.5, 0.6) is 0 Å². The van der Waals surface area contributed by atoms with Crippen LogP contribution in [-0.2, 0) is 9.59 Å². The van der Waals surface area contributed by atoms with E-state index in [4.69, 9.17) is 0 Å². The number of carbonyl (C=O) groups excluding carboxylic acids is 2. The van der Waals surface area contributed by atoms with Crippen molar-refractivity contribution >= 4 is 17.5 Å². The molecule has 5 rings (SSSR count). The average molecular weight is 331 g/mol. The summed E-state index contributed by atoms with van der Waals surface area (Å²) in [4.78, 5) is 27.6. The van der Waals surface area contributed by atoms with Crippen LogP contribution in [0.4, 0.5) is 5.69 Å². The van der Waals surface area contributed by atoms with Gasteiger partial charge in [-0.05, 0) is 55.2 Å². The van der Waals surface area contributed by atoms with Crippen LogP contribution in [-0.4, -0.2) is 11.8 Å². The monoisotopic (exact) mass is 331 g/mol. The van der Waals surface area contributed by atoms with Gasteiger partial charge in [0.2, 0.25) is 11.8 Å². The summed E-state index contributed by atoms with van der Waals surface area (Å²) in [6.07, 6.45) is 2.06. The Labute approximate surface area is 147 Å². The van der Waals surface area contributed by atoms with Gasteiger partial charge < -0.3 is 0 Å². The lowest BCUT2D eigenvalue weighted by molar-refractivity contribution is -0.123. The number of rotatable bonds is 2. The van der Waals surface area contributed by atoms with Crippen LogP contribution < -0.4 is 4.90 Å². The van der Waals surface area contributed by atoms with Gasteiger partial charge in [-0.2, -0.15) is 0 Å². The van der Waals surface area contributed by atoms with E-state index >= 15 is 0 Å². The third-order valence-corrected chi connectivity index (χ3v) is 6.54. The summed E-state index contributed by atoms with van der Waals surface area (Å²) < 4.78 is 0. The average Bonchev–Trinajstić information content (AvgIpc) is 3.29. The molecular formula is C22H21NO2. The highest BCUT2D eigenvalue weighted by Gasteiger charge is 2.64. The molecule has 3 fully saturated rings. The smallest absolute Gasteiger partial charge is 0.237 e. The number of imide groups is 1. The molecular weight excluding hydrogens is 310 g/mol. The molecule has 0 radical (unpaired) electrons. The SMILES string of the molecule is Cc1ccc(N2C(=O)C3C4CC(c5ccccc5)C(C4)C3C2=O)cc1. The first kappa shape index (κ1) is 14.9. The van der Waals surface area contributed by atoms with Crippen molar-refractivity contribution in [3.63, 3.8) is 0 Å². The number of hydrogen-bond acceptors (Lipinski definition) is 2. The maximum absolute atomic E-state index is 13.2. The first-order valence-electron chi connectivity index (χ1n) is 9.14. The molecule has 126 valence electrons. The predicted octanol–water partition coefficient (Wildman–Crippen LogP) is 3.92. The Hall–Kier alpha value is -2.42. The zero-order chi connectivity index (χ0) is 17.1. The third kappa shape index (κ3) is 2.05. The number of benzene rings is 2. The third-order valence-electron chi connectivity index (χ3n) is 6.54. The molecule has 5 atom stereocenters. The fourth-order valence-electron chi connectivity index (χ4n) is 5.49. The van der Waals surface area contributed by atoms with E-state index < -0.39 is 0 Å². The van der Waals surface area contributed by atoms with Gasteiger partial charge in [-0.3, -0.25) is 14.5 Å². The van der Waals surface area contributed by atoms with E-state index in [2.05, 4.69) is 24.3 Å². The van der Waals surface area contributed by atoms with Crippen LogP contribution in [0, 0.1) is 30.6 Å². The Morgan fingerprint density at radius 1 is 0.840 bits per heavy atom. The first-order chi connectivity index (χ1) is 12.1. The summed E-state index contributed by atoms with van der Waals surface area (Å²) in [5, 5.41) is 0. The Morgan fingerprint density at radius 2 is 1.52 bits per heavy atom. The van der Waals surface area contributed by atoms with E-state index in [-0.39, 0.29) is 23.7 Å². The Bertz CT molecular complexity index is 842. The van der Waals surface area contributed by atoms with E-state index in [1.807, 2.05) is 37.3 Å². The van der Waals surface area contributed by atoms with Crippen LogP contribution in [0.3, 0.4) is 0 Å². The van der Waals surface area contributed by atoms with E-state index in [0.29, 0.717) is 17.8 Å². The van der Waals surface area contributed by atoms with Crippen molar-refractivity contribution in [3.8, 4) is 0 Å². The van der Waals surface area contributed by atoms with Crippen molar-refractivity contribution in [1.82, 2.24) is 0 Å². The maximum atomic E-state index is 13.2. The molecule has 2 bridgehead atoms. The highest BCUT2D eigenvalue weighted by Crippen LogP contribution is 2.61. The highest BCUT2D eigenvalue weighted by molar-refractivity contribution is 6.22. The van der Waals surface area contributed by atoms with Gasteiger partial charge in [0, 0.05) is 0 Å². The topological polar surface area (TPSA) is 37.4 Å².